The summed E-state index contributed by atoms with van der Waals surface area (Å²) < 4.78 is 30.5. The van der Waals surface area contributed by atoms with Crippen LogP contribution in [0.3, 0.4) is 0 Å². The van der Waals surface area contributed by atoms with Gasteiger partial charge in [0.1, 0.15) is 4.90 Å². The van der Waals surface area contributed by atoms with Crippen molar-refractivity contribution in [2.24, 2.45) is 5.92 Å². The van der Waals surface area contributed by atoms with E-state index in [1.165, 1.54) is 10.9 Å². The van der Waals surface area contributed by atoms with Crippen LogP contribution in [0.4, 0.5) is 0 Å². The van der Waals surface area contributed by atoms with Crippen molar-refractivity contribution in [1.29, 1.82) is 0 Å². The number of aromatic carboxylic acids is 1. The summed E-state index contributed by atoms with van der Waals surface area (Å²) in [4.78, 5) is 10.7. The fraction of sp³-hybridized carbons (Fsp3) is 0.286. The highest BCUT2D eigenvalue weighted by Gasteiger charge is 2.39. The molecule has 1 aromatic heterocycles. The SMILES string of the molecule is O=C(O)c1nscc1S(=O)(=O)NC[C@@H]1C[C@H]1c1ccccc1. The van der Waals surface area contributed by atoms with E-state index in [9.17, 15) is 13.2 Å². The molecule has 2 atom stereocenters. The molecular weight excluding hydrogens is 324 g/mol. The maximum Gasteiger partial charge on any atom is 0.357 e. The number of carboxylic acids is 1. The lowest BCUT2D eigenvalue weighted by molar-refractivity contribution is 0.0687. The molecule has 0 spiro atoms. The van der Waals surface area contributed by atoms with Gasteiger partial charge in [-0.25, -0.2) is 17.9 Å². The fourth-order valence-electron chi connectivity index (χ4n) is 2.44. The van der Waals surface area contributed by atoms with Gasteiger partial charge < -0.3 is 5.11 Å². The summed E-state index contributed by atoms with van der Waals surface area (Å²) in [6.07, 6.45) is 0.931. The minimum atomic E-state index is -3.84. The molecule has 1 aromatic carbocycles. The zero-order valence-electron chi connectivity index (χ0n) is 11.5. The highest BCUT2D eigenvalue weighted by Crippen LogP contribution is 2.46. The summed E-state index contributed by atoms with van der Waals surface area (Å²) in [6.45, 7) is 0.302. The number of hydrogen-bond acceptors (Lipinski definition) is 5. The zero-order chi connectivity index (χ0) is 15.7. The lowest BCUT2D eigenvalue weighted by atomic mass is 10.1. The summed E-state index contributed by atoms with van der Waals surface area (Å²) in [6, 6.07) is 9.94. The molecule has 1 heterocycles. The predicted octanol–water partition coefficient (Wildman–Crippen LogP) is 1.92. The zero-order valence-corrected chi connectivity index (χ0v) is 13.1. The topological polar surface area (TPSA) is 96.4 Å². The van der Waals surface area contributed by atoms with E-state index in [4.69, 9.17) is 5.11 Å². The molecule has 0 amide bonds. The van der Waals surface area contributed by atoms with E-state index in [-0.39, 0.29) is 10.8 Å². The van der Waals surface area contributed by atoms with Crippen LogP contribution in [-0.4, -0.2) is 30.4 Å². The second-order valence-corrected chi connectivity index (χ2v) is 7.56. The van der Waals surface area contributed by atoms with E-state index >= 15 is 0 Å². The Morgan fingerprint density at radius 3 is 2.77 bits per heavy atom. The molecule has 8 heteroatoms. The lowest BCUT2D eigenvalue weighted by Gasteiger charge is -2.05. The molecule has 2 aromatic rings. The average molecular weight is 338 g/mol. The van der Waals surface area contributed by atoms with Crippen molar-refractivity contribution >= 4 is 27.5 Å². The largest absolute Gasteiger partial charge is 0.476 e. The monoisotopic (exact) mass is 338 g/mol. The van der Waals surface area contributed by atoms with E-state index in [0.717, 1.165) is 18.0 Å². The van der Waals surface area contributed by atoms with E-state index in [2.05, 4.69) is 9.10 Å². The molecule has 3 rings (SSSR count). The van der Waals surface area contributed by atoms with Gasteiger partial charge in [0.05, 0.1) is 0 Å². The molecule has 0 saturated heterocycles. The predicted molar refractivity (Wildman–Crippen MR) is 81.6 cm³/mol. The summed E-state index contributed by atoms with van der Waals surface area (Å²) in [5.41, 5.74) is 0.781. The Kier molecular flexibility index (Phi) is 3.98. The number of hydrogen-bond donors (Lipinski definition) is 2. The molecule has 2 N–H and O–H groups in total. The van der Waals surface area contributed by atoms with Crippen molar-refractivity contribution in [3.8, 4) is 0 Å². The fourth-order valence-corrected chi connectivity index (χ4v) is 4.65. The molecule has 0 bridgehead atoms. The Morgan fingerprint density at radius 1 is 1.36 bits per heavy atom. The maximum absolute atomic E-state index is 12.2. The van der Waals surface area contributed by atoms with E-state index < -0.39 is 21.7 Å². The van der Waals surface area contributed by atoms with Crippen LogP contribution in [0.1, 0.15) is 28.4 Å². The second-order valence-electron chi connectivity index (χ2n) is 5.20. The molecule has 22 heavy (non-hydrogen) atoms. The Balaban J connectivity index is 1.65. The van der Waals surface area contributed by atoms with Crippen LogP contribution in [0, 0.1) is 5.92 Å². The molecule has 1 fully saturated rings. The number of carboxylic acid groups (broad SMARTS) is 1. The first-order chi connectivity index (χ1) is 10.5. The van der Waals surface area contributed by atoms with E-state index in [1.54, 1.807) is 0 Å². The Bertz CT molecular complexity index is 786. The van der Waals surface area contributed by atoms with Crippen LogP contribution in [-0.2, 0) is 10.0 Å². The van der Waals surface area contributed by atoms with Crippen LogP contribution in [0.25, 0.3) is 0 Å². The summed E-state index contributed by atoms with van der Waals surface area (Å²) >= 11 is 0.819. The Morgan fingerprint density at radius 2 is 2.09 bits per heavy atom. The molecule has 1 aliphatic carbocycles. The summed E-state index contributed by atoms with van der Waals surface area (Å²) in [7, 11) is -3.84. The lowest BCUT2D eigenvalue weighted by Crippen LogP contribution is -2.27. The maximum atomic E-state index is 12.2. The molecule has 116 valence electrons. The van der Waals surface area contributed by atoms with Gasteiger partial charge in [-0.2, -0.15) is 4.37 Å². The first kappa shape index (κ1) is 15.1. The molecule has 1 aliphatic rings. The average Bonchev–Trinajstić information content (AvgIpc) is 3.09. The van der Waals surface area contributed by atoms with Crippen molar-refractivity contribution in [1.82, 2.24) is 9.10 Å². The molecule has 0 radical (unpaired) electrons. The Hall–Kier alpha value is -1.77. The van der Waals surface area contributed by atoms with E-state index in [1.807, 2.05) is 30.3 Å². The smallest absolute Gasteiger partial charge is 0.357 e. The van der Waals surface area contributed by atoms with Gasteiger partial charge in [-0.05, 0) is 35.4 Å². The van der Waals surface area contributed by atoms with Gasteiger partial charge in [-0.3, -0.25) is 0 Å². The van der Waals surface area contributed by atoms with Gasteiger partial charge in [-0.15, -0.1) is 0 Å². The molecule has 0 unspecified atom stereocenters. The third-order valence-corrected chi connectivity index (χ3v) is 5.93. The minimum absolute atomic E-state index is 0.247. The third kappa shape index (κ3) is 3.03. The number of nitrogens with one attached hydrogen (secondary N) is 1. The number of nitrogens with zero attached hydrogens (tertiary/aromatic N) is 1. The standard InChI is InChI=1S/C14H14N2O4S2/c17-14(18)13-12(8-21-16-13)22(19,20)15-7-10-6-11(10)9-4-2-1-3-5-9/h1-5,8,10-11,15H,6-7H2,(H,17,18)/t10-,11-/m0/s1. The number of sulfonamides is 1. The highest BCUT2D eigenvalue weighted by atomic mass is 32.2. The van der Waals surface area contributed by atoms with Gasteiger partial charge in [0.2, 0.25) is 10.0 Å². The first-order valence-electron chi connectivity index (χ1n) is 6.71. The van der Waals surface area contributed by atoms with Gasteiger partial charge in [-0.1, -0.05) is 30.3 Å². The Labute approximate surface area is 132 Å². The first-order valence-corrected chi connectivity index (χ1v) is 9.03. The highest BCUT2D eigenvalue weighted by molar-refractivity contribution is 7.89. The van der Waals surface area contributed by atoms with Crippen molar-refractivity contribution in [3.05, 3.63) is 47.0 Å². The van der Waals surface area contributed by atoms with Gasteiger partial charge in [0.25, 0.3) is 0 Å². The number of aromatic nitrogens is 1. The van der Waals surface area contributed by atoms with Crippen molar-refractivity contribution in [2.45, 2.75) is 17.2 Å². The molecular formula is C14H14N2O4S2. The molecule has 0 aliphatic heterocycles. The normalized spacial score (nSPS) is 20.7. The van der Waals surface area contributed by atoms with Gasteiger partial charge in [0.15, 0.2) is 5.69 Å². The van der Waals surface area contributed by atoms with Crippen LogP contribution >= 0.6 is 11.5 Å². The van der Waals surface area contributed by atoms with Crippen LogP contribution in [0.15, 0.2) is 40.6 Å². The van der Waals surface area contributed by atoms with Crippen LogP contribution in [0.2, 0.25) is 0 Å². The summed E-state index contributed by atoms with van der Waals surface area (Å²) in [5.74, 6) is -0.726. The van der Waals surface area contributed by atoms with Crippen LogP contribution < -0.4 is 4.72 Å². The molecule has 1 saturated carbocycles. The van der Waals surface area contributed by atoms with Gasteiger partial charge in [0, 0.05) is 11.9 Å². The van der Waals surface area contributed by atoms with Gasteiger partial charge >= 0.3 is 5.97 Å². The van der Waals surface area contributed by atoms with Crippen molar-refractivity contribution in [2.75, 3.05) is 6.54 Å². The minimum Gasteiger partial charge on any atom is -0.476 e. The number of carbonyl (C=O) groups is 1. The molecule has 6 nitrogen and oxygen atoms in total. The van der Waals surface area contributed by atoms with Crippen LogP contribution in [0.5, 0.6) is 0 Å². The third-order valence-electron chi connectivity index (χ3n) is 3.72. The quantitative estimate of drug-likeness (QED) is 0.839. The van der Waals surface area contributed by atoms with Crippen molar-refractivity contribution in [3.63, 3.8) is 0 Å². The second kappa shape index (κ2) is 5.79. The number of rotatable bonds is 6. The number of benzene rings is 1. The van der Waals surface area contributed by atoms with Crippen molar-refractivity contribution < 1.29 is 18.3 Å². The van der Waals surface area contributed by atoms with E-state index in [0.29, 0.717) is 12.5 Å². The summed E-state index contributed by atoms with van der Waals surface area (Å²) in [5, 5.41) is 10.2.